The van der Waals surface area contributed by atoms with Crippen molar-refractivity contribution in [2.24, 2.45) is 0 Å². The highest BCUT2D eigenvalue weighted by atomic mass is 127. The fraction of sp³-hybridized carbons (Fsp3) is 0.211. The third-order valence-corrected chi connectivity index (χ3v) is 5.75. The number of aromatic nitrogens is 3. The number of carbonyl (C=O) groups excluding carboxylic acids is 1. The summed E-state index contributed by atoms with van der Waals surface area (Å²) in [5, 5.41) is 11.9. The topological polar surface area (TPSA) is 59.8 Å². The normalized spacial score (nSPS) is 13.6. The highest BCUT2D eigenvalue weighted by Gasteiger charge is 2.31. The van der Waals surface area contributed by atoms with Crippen LogP contribution < -0.4 is 5.32 Å². The first kappa shape index (κ1) is 18.4. The maximum atomic E-state index is 14.2. The molecule has 1 aliphatic rings. The molecular formula is C19H16FIN4OS. The van der Waals surface area contributed by atoms with Gasteiger partial charge in [-0.25, -0.2) is 4.39 Å². The number of hydrogen-bond acceptors (Lipinski definition) is 4. The molecule has 0 aliphatic heterocycles. The van der Waals surface area contributed by atoms with Gasteiger partial charge >= 0.3 is 0 Å². The van der Waals surface area contributed by atoms with Crippen LogP contribution in [0.15, 0.2) is 53.7 Å². The minimum absolute atomic E-state index is 0.111. The molecule has 0 atom stereocenters. The van der Waals surface area contributed by atoms with Gasteiger partial charge in [-0.2, -0.15) is 0 Å². The summed E-state index contributed by atoms with van der Waals surface area (Å²) < 4.78 is 17.2. The van der Waals surface area contributed by atoms with Crippen LogP contribution in [0, 0.1) is 9.39 Å². The molecule has 0 spiro atoms. The number of benzene rings is 2. The molecule has 1 amide bonds. The van der Waals surface area contributed by atoms with E-state index < -0.39 is 0 Å². The quantitative estimate of drug-likeness (QED) is 0.397. The number of carbonyl (C=O) groups is 1. The zero-order valence-electron chi connectivity index (χ0n) is 14.2. The van der Waals surface area contributed by atoms with Crippen molar-refractivity contribution in [3.05, 3.63) is 57.9 Å². The Balaban J connectivity index is 1.50. The molecule has 1 saturated carbocycles. The van der Waals surface area contributed by atoms with Crippen molar-refractivity contribution in [2.45, 2.75) is 24.0 Å². The molecule has 1 heterocycles. The van der Waals surface area contributed by atoms with Gasteiger partial charge in [0.2, 0.25) is 5.91 Å². The lowest BCUT2D eigenvalue weighted by molar-refractivity contribution is -0.113. The van der Waals surface area contributed by atoms with Crippen LogP contribution in [0.5, 0.6) is 0 Å². The second kappa shape index (κ2) is 7.97. The maximum Gasteiger partial charge on any atom is 0.234 e. The summed E-state index contributed by atoms with van der Waals surface area (Å²) in [6.07, 6.45) is 2.03. The molecule has 138 valence electrons. The van der Waals surface area contributed by atoms with Gasteiger partial charge in [0.05, 0.1) is 11.3 Å². The standard InChI is InChI=1S/C19H16FIN4OS/c20-16-7-2-1-6-15(16)18-23-24-19(25(18)14-8-9-14)27-11-17(26)22-13-5-3-4-12(21)10-13/h1-7,10,14H,8-9,11H2,(H,22,26). The first-order valence-electron chi connectivity index (χ1n) is 8.50. The number of nitrogens with one attached hydrogen (secondary N) is 1. The fourth-order valence-corrected chi connectivity index (χ4v) is 4.11. The monoisotopic (exact) mass is 494 g/mol. The lowest BCUT2D eigenvalue weighted by Crippen LogP contribution is -2.14. The lowest BCUT2D eigenvalue weighted by Gasteiger charge is -2.09. The Kier molecular flexibility index (Phi) is 5.44. The average molecular weight is 494 g/mol. The zero-order chi connectivity index (χ0) is 18.8. The van der Waals surface area contributed by atoms with E-state index in [4.69, 9.17) is 0 Å². The molecule has 0 unspecified atom stereocenters. The van der Waals surface area contributed by atoms with Gasteiger partial charge in [-0.05, 0) is 65.8 Å². The van der Waals surface area contributed by atoms with E-state index in [1.807, 2.05) is 28.8 Å². The molecule has 1 fully saturated rings. The summed E-state index contributed by atoms with van der Waals surface area (Å²) in [6, 6.07) is 14.5. The smallest absolute Gasteiger partial charge is 0.234 e. The van der Waals surface area contributed by atoms with Crippen molar-refractivity contribution < 1.29 is 9.18 Å². The van der Waals surface area contributed by atoms with Crippen LogP contribution in [0.4, 0.5) is 10.1 Å². The Bertz CT molecular complexity index is 989. The van der Waals surface area contributed by atoms with E-state index in [2.05, 4.69) is 38.1 Å². The Morgan fingerprint density at radius 3 is 2.78 bits per heavy atom. The molecule has 27 heavy (non-hydrogen) atoms. The molecule has 1 aliphatic carbocycles. The predicted octanol–water partition coefficient (Wildman–Crippen LogP) is 4.75. The molecular weight excluding hydrogens is 478 g/mol. The van der Waals surface area contributed by atoms with Crippen molar-refractivity contribution in [2.75, 3.05) is 11.1 Å². The SMILES string of the molecule is O=C(CSc1nnc(-c2ccccc2F)n1C1CC1)Nc1cccc(I)c1. The number of rotatable bonds is 6. The second-order valence-corrected chi connectivity index (χ2v) is 8.42. The minimum Gasteiger partial charge on any atom is -0.325 e. The van der Waals surface area contributed by atoms with Crippen molar-refractivity contribution >= 4 is 45.9 Å². The Labute approximate surface area is 173 Å². The summed E-state index contributed by atoms with van der Waals surface area (Å²) in [6.45, 7) is 0. The number of nitrogens with zero attached hydrogens (tertiary/aromatic N) is 3. The van der Waals surface area contributed by atoms with Gasteiger partial charge in [0.15, 0.2) is 11.0 Å². The minimum atomic E-state index is -0.320. The summed E-state index contributed by atoms with van der Waals surface area (Å²) in [5.41, 5.74) is 1.20. The average Bonchev–Trinajstić information content (AvgIpc) is 3.40. The molecule has 2 aromatic carbocycles. The lowest BCUT2D eigenvalue weighted by atomic mass is 10.2. The number of thioether (sulfide) groups is 1. The van der Waals surface area contributed by atoms with Crippen LogP contribution in [-0.2, 0) is 4.79 Å². The number of halogens is 2. The highest BCUT2D eigenvalue weighted by Crippen LogP contribution is 2.41. The van der Waals surface area contributed by atoms with Gasteiger partial charge in [-0.3, -0.25) is 9.36 Å². The van der Waals surface area contributed by atoms with Gasteiger partial charge < -0.3 is 5.32 Å². The van der Waals surface area contributed by atoms with Crippen molar-refractivity contribution in [3.8, 4) is 11.4 Å². The largest absolute Gasteiger partial charge is 0.325 e. The fourth-order valence-electron chi connectivity index (χ4n) is 2.76. The van der Waals surface area contributed by atoms with Crippen LogP contribution in [0.2, 0.25) is 0 Å². The molecule has 5 nitrogen and oxygen atoms in total. The zero-order valence-corrected chi connectivity index (χ0v) is 17.2. The van der Waals surface area contributed by atoms with Crippen LogP contribution in [0.1, 0.15) is 18.9 Å². The third kappa shape index (κ3) is 4.32. The summed E-state index contributed by atoms with van der Waals surface area (Å²) in [5.74, 6) is 0.309. The van der Waals surface area contributed by atoms with Crippen molar-refractivity contribution in [3.63, 3.8) is 0 Å². The van der Waals surface area contributed by atoms with E-state index in [9.17, 15) is 9.18 Å². The van der Waals surface area contributed by atoms with Gasteiger partial charge in [0.1, 0.15) is 5.82 Å². The van der Waals surface area contributed by atoms with E-state index >= 15 is 0 Å². The molecule has 0 saturated heterocycles. The number of hydrogen-bond donors (Lipinski definition) is 1. The molecule has 1 aromatic heterocycles. The Morgan fingerprint density at radius 1 is 1.22 bits per heavy atom. The number of anilines is 1. The van der Waals surface area contributed by atoms with E-state index in [1.165, 1.54) is 17.8 Å². The first-order chi connectivity index (χ1) is 13.1. The highest BCUT2D eigenvalue weighted by molar-refractivity contribution is 14.1. The van der Waals surface area contributed by atoms with Crippen molar-refractivity contribution in [1.29, 1.82) is 0 Å². The summed E-state index contributed by atoms with van der Waals surface area (Å²) in [7, 11) is 0. The van der Waals surface area contributed by atoms with Crippen LogP contribution in [0.3, 0.4) is 0 Å². The molecule has 4 rings (SSSR count). The van der Waals surface area contributed by atoms with Crippen LogP contribution in [0.25, 0.3) is 11.4 Å². The van der Waals surface area contributed by atoms with Gasteiger partial charge in [-0.1, -0.05) is 30.0 Å². The van der Waals surface area contributed by atoms with E-state index in [0.29, 0.717) is 16.5 Å². The Hall–Kier alpha value is -1.94. The van der Waals surface area contributed by atoms with Gasteiger partial charge in [-0.15, -0.1) is 10.2 Å². The van der Waals surface area contributed by atoms with Gasteiger partial charge in [0.25, 0.3) is 0 Å². The van der Waals surface area contributed by atoms with E-state index in [-0.39, 0.29) is 23.5 Å². The molecule has 3 aromatic rings. The molecule has 0 bridgehead atoms. The van der Waals surface area contributed by atoms with Crippen molar-refractivity contribution in [1.82, 2.24) is 14.8 Å². The van der Waals surface area contributed by atoms with Gasteiger partial charge in [0, 0.05) is 15.3 Å². The van der Waals surface area contributed by atoms with Crippen LogP contribution >= 0.6 is 34.4 Å². The number of amides is 1. The summed E-state index contributed by atoms with van der Waals surface area (Å²) >= 11 is 3.52. The Morgan fingerprint density at radius 2 is 2.04 bits per heavy atom. The maximum absolute atomic E-state index is 14.2. The molecule has 0 radical (unpaired) electrons. The third-order valence-electron chi connectivity index (χ3n) is 4.13. The summed E-state index contributed by atoms with van der Waals surface area (Å²) in [4.78, 5) is 12.3. The van der Waals surface area contributed by atoms with E-state index in [0.717, 1.165) is 22.1 Å². The predicted molar refractivity (Wildman–Crippen MR) is 112 cm³/mol. The second-order valence-electron chi connectivity index (χ2n) is 6.23. The first-order valence-corrected chi connectivity index (χ1v) is 10.6. The molecule has 8 heteroatoms. The van der Waals surface area contributed by atoms with Crippen LogP contribution in [-0.4, -0.2) is 26.4 Å². The van der Waals surface area contributed by atoms with E-state index in [1.54, 1.807) is 18.2 Å². The molecule has 1 N–H and O–H groups in total.